The van der Waals surface area contributed by atoms with Gasteiger partial charge in [-0.25, -0.2) is 0 Å². The van der Waals surface area contributed by atoms with Crippen LogP contribution in [-0.4, -0.2) is 77.5 Å². The second-order valence-electron chi connectivity index (χ2n) is 6.37. The Balaban J connectivity index is 1.81. The lowest BCUT2D eigenvalue weighted by molar-refractivity contribution is -0.118. The van der Waals surface area contributed by atoms with Gasteiger partial charge in [-0.3, -0.25) is 19.3 Å². The number of nitrogens with zero attached hydrogens (tertiary/aromatic N) is 4. The van der Waals surface area contributed by atoms with Gasteiger partial charge in [0, 0.05) is 51.9 Å². The molecule has 1 saturated heterocycles. The van der Waals surface area contributed by atoms with E-state index in [2.05, 4.69) is 27.1 Å². The number of hydrogen-bond donors (Lipinski definition) is 1. The van der Waals surface area contributed by atoms with Gasteiger partial charge in [-0.1, -0.05) is 6.92 Å². The molecule has 1 atom stereocenters. The van der Waals surface area contributed by atoms with Gasteiger partial charge in [0.15, 0.2) is 0 Å². The third-order valence-corrected chi connectivity index (χ3v) is 4.52. The Morgan fingerprint density at radius 2 is 2.21 bits per heavy atom. The van der Waals surface area contributed by atoms with E-state index >= 15 is 0 Å². The first-order valence-electron chi connectivity index (χ1n) is 8.88. The third kappa shape index (κ3) is 5.29. The van der Waals surface area contributed by atoms with Crippen molar-refractivity contribution in [2.24, 2.45) is 7.05 Å². The van der Waals surface area contributed by atoms with Crippen molar-refractivity contribution >= 4 is 11.7 Å². The third-order valence-electron chi connectivity index (χ3n) is 4.52. The largest absolute Gasteiger partial charge is 0.380 e. The lowest BCUT2D eigenvalue weighted by Crippen LogP contribution is -2.55. The van der Waals surface area contributed by atoms with Crippen molar-refractivity contribution in [3.8, 4) is 0 Å². The average molecular weight is 337 g/mol. The molecule has 1 amide bonds. The summed E-state index contributed by atoms with van der Waals surface area (Å²) in [5, 5.41) is 7.20. The van der Waals surface area contributed by atoms with Crippen molar-refractivity contribution in [1.29, 1.82) is 0 Å². The van der Waals surface area contributed by atoms with E-state index in [0.717, 1.165) is 57.3 Å². The summed E-state index contributed by atoms with van der Waals surface area (Å²) in [6.07, 6.45) is 1.09. The fourth-order valence-electron chi connectivity index (χ4n) is 3.22. The van der Waals surface area contributed by atoms with Gasteiger partial charge in [0.1, 0.15) is 5.82 Å². The first kappa shape index (κ1) is 18.9. The van der Waals surface area contributed by atoms with E-state index in [-0.39, 0.29) is 5.91 Å². The molecule has 1 aliphatic heterocycles. The molecule has 136 valence electrons. The summed E-state index contributed by atoms with van der Waals surface area (Å²) >= 11 is 0. The molecule has 0 spiro atoms. The fraction of sp³-hybridized carbons (Fsp3) is 0.765. The molecule has 0 radical (unpaired) electrons. The Hall–Kier alpha value is -1.44. The van der Waals surface area contributed by atoms with Crippen molar-refractivity contribution in [1.82, 2.24) is 19.6 Å². The van der Waals surface area contributed by atoms with Crippen LogP contribution in [0.2, 0.25) is 0 Å². The van der Waals surface area contributed by atoms with Crippen LogP contribution in [0.25, 0.3) is 0 Å². The van der Waals surface area contributed by atoms with Crippen LogP contribution in [0, 0.1) is 6.92 Å². The number of amides is 1. The standard InChI is InChI=1S/C17H31N5O2/c1-5-15-12-21(7-8-22(15)9-10-24-6-2)13-17(23)18-16-11-14(3)19-20(16)4/h11,15H,5-10,12-13H2,1-4H3,(H,18,23)/t15-/m0/s1. The van der Waals surface area contributed by atoms with E-state index in [1.165, 1.54) is 0 Å². The van der Waals surface area contributed by atoms with Gasteiger partial charge in [-0.2, -0.15) is 5.10 Å². The molecule has 1 N–H and O–H groups in total. The second-order valence-corrected chi connectivity index (χ2v) is 6.37. The molecule has 2 rings (SSSR count). The first-order valence-corrected chi connectivity index (χ1v) is 8.88. The maximum atomic E-state index is 12.3. The summed E-state index contributed by atoms with van der Waals surface area (Å²) in [5.41, 5.74) is 0.904. The summed E-state index contributed by atoms with van der Waals surface area (Å²) in [7, 11) is 1.84. The van der Waals surface area contributed by atoms with E-state index in [9.17, 15) is 4.79 Å². The van der Waals surface area contributed by atoms with Crippen LogP contribution >= 0.6 is 0 Å². The number of anilines is 1. The molecule has 1 aromatic rings. The highest BCUT2D eigenvalue weighted by Crippen LogP contribution is 2.13. The fourth-order valence-corrected chi connectivity index (χ4v) is 3.22. The van der Waals surface area contributed by atoms with Gasteiger partial charge in [0.2, 0.25) is 5.91 Å². The SMILES string of the molecule is CCOCCN1CCN(CC(=O)Nc2cc(C)nn2C)C[C@@H]1CC. The molecular weight excluding hydrogens is 306 g/mol. The normalized spacial score (nSPS) is 19.6. The molecule has 24 heavy (non-hydrogen) atoms. The molecule has 0 bridgehead atoms. The minimum Gasteiger partial charge on any atom is -0.380 e. The van der Waals surface area contributed by atoms with Gasteiger partial charge in [-0.05, 0) is 20.3 Å². The molecule has 0 aliphatic carbocycles. The molecule has 0 aromatic carbocycles. The molecule has 0 saturated carbocycles. The van der Waals surface area contributed by atoms with Crippen LogP contribution in [-0.2, 0) is 16.6 Å². The Morgan fingerprint density at radius 1 is 1.42 bits per heavy atom. The van der Waals surface area contributed by atoms with Crippen molar-refractivity contribution < 1.29 is 9.53 Å². The van der Waals surface area contributed by atoms with Gasteiger partial charge >= 0.3 is 0 Å². The summed E-state index contributed by atoms with van der Waals surface area (Å²) in [6.45, 7) is 11.9. The highest BCUT2D eigenvalue weighted by atomic mass is 16.5. The van der Waals surface area contributed by atoms with Crippen LogP contribution in [0.15, 0.2) is 6.07 Å². The minimum absolute atomic E-state index is 0.0237. The van der Waals surface area contributed by atoms with Crippen LogP contribution in [0.5, 0.6) is 0 Å². The molecule has 7 nitrogen and oxygen atoms in total. The van der Waals surface area contributed by atoms with Crippen molar-refractivity contribution in [3.05, 3.63) is 11.8 Å². The van der Waals surface area contributed by atoms with Gasteiger partial charge in [0.25, 0.3) is 0 Å². The van der Waals surface area contributed by atoms with Crippen molar-refractivity contribution in [2.45, 2.75) is 33.2 Å². The second kappa shape index (κ2) is 9.15. The molecule has 0 unspecified atom stereocenters. The van der Waals surface area contributed by atoms with E-state index in [1.807, 2.05) is 27.0 Å². The zero-order valence-electron chi connectivity index (χ0n) is 15.4. The number of carbonyl (C=O) groups excluding carboxylic acids is 1. The topological polar surface area (TPSA) is 62.6 Å². The predicted molar refractivity (Wildman–Crippen MR) is 95.2 cm³/mol. The smallest absolute Gasteiger partial charge is 0.239 e. The lowest BCUT2D eigenvalue weighted by atomic mass is 10.1. The Kier molecular flexibility index (Phi) is 7.20. The summed E-state index contributed by atoms with van der Waals surface area (Å²) in [5.74, 6) is 0.774. The number of carbonyl (C=O) groups is 1. The van der Waals surface area contributed by atoms with Crippen LogP contribution in [0.3, 0.4) is 0 Å². The van der Waals surface area contributed by atoms with Crippen LogP contribution in [0.4, 0.5) is 5.82 Å². The zero-order chi connectivity index (χ0) is 17.5. The van der Waals surface area contributed by atoms with Gasteiger partial charge < -0.3 is 10.1 Å². The van der Waals surface area contributed by atoms with Crippen molar-refractivity contribution in [3.63, 3.8) is 0 Å². The first-order chi connectivity index (χ1) is 11.5. The van der Waals surface area contributed by atoms with E-state index in [1.54, 1.807) is 4.68 Å². The Labute approximate surface area is 144 Å². The van der Waals surface area contributed by atoms with Gasteiger partial charge in [-0.15, -0.1) is 0 Å². The maximum Gasteiger partial charge on any atom is 0.239 e. The zero-order valence-corrected chi connectivity index (χ0v) is 15.4. The number of rotatable bonds is 8. The molecule has 1 aromatic heterocycles. The monoisotopic (exact) mass is 337 g/mol. The van der Waals surface area contributed by atoms with Crippen LogP contribution < -0.4 is 5.32 Å². The molecular formula is C17H31N5O2. The minimum atomic E-state index is 0.0237. The number of hydrogen-bond acceptors (Lipinski definition) is 5. The molecule has 2 heterocycles. The summed E-state index contributed by atoms with van der Waals surface area (Å²) < 4.78 is 7.17. The average Bonchev–Trinajstić information content (AvgIpc) is 2.86. The maximum absolute atomic E-state index is 12.3. The number of ether oxygens (including phenoxy) is 1. The van der Waals surface area contributed by atoms with E-state index in [0.29, 0.717) is 12.6 Å². The molecule has 1 fully saturated rings. The molecule has 7 heteroatoms. The van der Waals surface area contributed by atoms with E-state index in [4.69, 9.17) is 4.74 Å². The van der Waals surface area contributed by atoms with Crippen molar-refractivity contribution in [2.75, 3.05) is 51.3 Å². The number of piperazine rings is 1. The van der Waals surface area contributed by atoms with E-state index < -0.39 is 0 Å². The molecule has 1 aliphatic rings. The highest BCUT2D eigenvalue weighted by Gasteiger charge is 2.26. The lowest BCUT2D eigenvalue weighted by Gasteiger charge is -2.40. The Morgan fingerprint density at radius 3 is 2.83 bits per heavy atom. The van der Waals surface area contributed by atoms with Gasteiger partial charge in [0.05, 0.1) is 18.8 Å². The number of aryl methyl sites for hydroxylation is 2. The Bertz CT molecular complexity index is 531. The summed E-state index contributed by atoms with van der Waals surface area (Å²) in [6, 6.07) is 2.38. The highest BCUT2D eigenvalue weighted by molar-refractivity contribution is 5.91. The quantitative estimate of drug-likeness (QED) is 0.720. The van der Waals surface area contributed by atoms with Crippen LogP contribution in [0.1, 0.15) is 26.0 Å². The summed E-state index contributed by atoms with van der Waals surface area (Å²) in [4.78, 5) is 17.0. The number of aromatic nitrogens is 2. The number of nitrogens with one attached hydrogen (secondary N) is 1. The predicted octanol–water partition coefficient (Wildman–Crippen LogP) is 1.10.